The topological polar surface area (TPSA) is 75.8 Å². The third-order valence-electron chi connectivity index (χ3n) is 4.08. The third-order valence-corrected chi connectivity index (χ3v) is 4.08. The first-order valence-electron chi connectivity index (χ1n) is 7.05. The summed E-state index contributed by atoms with van der Waals surface area (Å²) in [5, 5.41) is 10.2. The molecule has 1 aromatic carbocycles. The lowest BCUT2D eigenvalue weighted by molar-refractivity contribution is -0.159. The van der Waals surface area contributed by atoms with Gasteiger partial charge in [-0.05, 0) is 43.0 Å². The molecule has 3 N–H and O–H groups in total. The second-order valence-corrected chi connectivity index (χ2v) is 5.80. The lowest BCUT2D eigenvalue weighted by Crippen LogP contribution is -2.64. The van der Waals surface area contributed by atoms with Crippen molar-refractivity contribution in [1.82, 2.24) is 4.90 Å². The molecule has 5 nitrogen and oxygen atoms in total. The van der Waals surface area contributed by atoms with Crippen molar-refractivity contribution < 1.29 is 14.6 Å². The Morgan fingerprint density at radius 2 is 2.00 bits per heavy atom. The molecule has 2 aliphatic rings. The Balaban J connectivity index is 1.39. The molecule has 1 aromatic rings. The average Bonchev–Trinajstić information content (AvgIpc) is 3.22. The van der Waals surface area contributed by atoms with E-state index in [9.17, 15) is 9.90 Å². The zero-order valence-electron chi connectivity index (χ0n) is 11.4. The van der Waals surface area contributed by atoms with Gasteiger partial charge in [-0.15, -0.1) is 0 Å². The number of aliphatic hydroxyl groups is 1. The van der Waals surface area contributed by atoms with Gasteiger partial charge in [-0.3, -0.25) is 4.79 Å². The predicted molar refractivity (Wildman–Crippen MR) is 75.2 cm³/mol. The zero-order valence-corrected chi connectivity index (χ0v) is 11.4. The SMILES string of the molecule is Nc1ccc(OCCC(=O)N2CC(O)(C3CC3)C2)cc1. The zero-order chi connectivity index (χ0) is 14.2. The number of nitrogens with two attached hydrogens (primary N) is 1. The van der Waals surface area contributed by atoms with E-state index in [4.69, 9.17) is 10.5 Å². The molecule has 2 fully saturated rings. The Labute approximate surface area is 118 Å². The third kappa shape index (κ3) is 2.72. The van der Waals surface area contributed by atoms with Crippen LogP contribution in [0.1, 0.15) is 19.3 Å². The Kier molecular flexibility index (Phi) is 3.30. The number of ether oxygens (including phenoxy) is 1. The van der Waals surface area contributed by atoms with Crippen molar-refractivity contribution in [2.75, 3.05) is 25.4 Å². The van der Waals surface area contributed by atoms with Crippen LogP contribution in [0.15, 0.2) is 24.3 Å². The van der Waals surface area contributed by atoms with E-state index in [1.54, 1.807) is 29.2 Å². The summed E-state index contributed by atoms with van der Waals surface area (Å²) < 4.78 is 5.50. The van der Waals surface area contributed by atoms with Gasteiger partial charge >= 0.3 is 0 Å². The van der Waals surface area contributed by atoms with Crippen molar-refractivity contribution in [1.29, 1.82) is 0 Å². The van der Waals surface area contributed by atoms with Crippen molar-refractivity contribution in [2.45, 2.75) is 24.9 Å². The van der Waals surface area contributed by atoms with Gasteiger partial charge in [-0.25, -0.2) is 0 Å². The Bertz CT molecular complexity index is 490. The summed E-state index contributed by atoms with van der Waals surface area (Å²) in [4.78, 5) is 13.6. The molecule has 1 aliphatic heterocycles. The van der Waals surface area contributed by atoms with E-state index in [0.717, 1.165) is 12.8 Å². The minimum atomic E-state index is -0.604. The average molecular weight is 276 g/mol. The highest BCUT2D eigenvalue weighted by atomic mass is 16.5. The fraction of sp³-hybridized carbons (Fsp3) is 0.533. The van der Waals surface area contributed by atoms with E-state index in [1.165, 1.54) is 0 Å². The summed E-state index contributed by atoms with van der Waals surface area (Å²) in [5.41, 5.74) is 5.67. The number of carbonyl (C=O) groups excluding carboxylic acids is 1. The molecule has 20 heavy (non-hydrogen) atoms. The molecule has 1 saturated carbocycles. The first-order chi connectivity index (χ1) is 9.57. The highest BCUT2D eigenvalue weighted by Crippen LogP contribution is 2.44. The molecule has 1 heterocycles. The minimum absolute atomic E-state index is 0.0470. The molecular formula is C15H20N2O3. The fourth-order valence-electron chi connectivity index (χ4n) is 2.65. The quantitative estimate of drug-likeness (QED) is 0.787. The molecule has 0 unspecified atom stereocenters. The van der Waals surface area contributed by atoms with Crippen molar-refractivity contribution >= 4 is 11.6 Å². The van der Waals surface area contributed by atoms with Crippen LogP contribution < -0.4 is 10.5 Å². The Morgan fingerprint density at radius 3 is 2.60 bits per heavy atom. The first kappa shape index (κ1) is 13.2. The highest BCUT2D eigenvalue weighted by molar-refractivity contribution is 5.77. The number of anilines is 1. The Hall–Kier alpha value is -1.75. The molecule has 1 amide bonds. The number of carbonyl (C=O) groups is 1. The molecule has 0 bridgehead atoms. The van der Waals surface area contributed by atoms with Crippen molar-refractivity contribution in [3.05, 3.63) is 24.3 Å². The van der Waals surface area contributed by atoms with Crippen LogP contribution in [0.25, 0.3) is 0 Å². The molecule has 108 valence electrons. The largest absolute Gasteiger partial charge is 0.493 e. The summed E-state index contributed by atoms with van der Waals surface area (Å²) in [6.45, 7) is 1.32. The van der Waals surface area contributed by atoms with E-state index in [2.05, 4.69) is 0 Å². The van der Waals surface area contributed by atoms with Gasteiger partial charge in [0, 0.05) is 5.69 Å². The van der Waals surface area contributed by atoms with Crippen LogP contribution in [0.3, 0.4) is 0 Å². The molecule has 0 spiro atoms. The normalized spacial score (nSPS) is 20.4. The number of hydrogen-bond donors (Lipinski definition) is 2. The van der Waals surface area contributed by atoms with Crippen molar-refractivity contribution in [2.24, 2.45) is 5.92 Å². The van der Waals surface area contributed by atoms with Gasteiger partial charge in [0.2, 0.25) is 5.91 Å². The van der Waals surface area contributed by atoms with Gasteiger partial charge in [0.25, 0.3) is 0 Å². The summed E-state index contributed by atoms with van der Waals surface area (Å²) >= 11 is 0. The van der Waals surface area contributed by atoms with Crippen molar-refractivity contribution in [3.63, 3.8) is 0 Å². The number of amides is 1. The van der Waals surface area contributed by atoms with Crippen LogP contribution in [0.4, 0.5) is 5.69 Å². The number of nitrogen functional groups attached to an aromatic ring is 1. The molecule has 0 aromatic heterocycles. The van der Waals surface area contributed by atoms with Gasteiger partial charge in [0.05, 0.1) is 26.1 Å². The van der Waals surface area contributed by atoms with E-state index < -0.39 is 5.60 Å². The lowest BCUT2D eigenvalue weighted by Gasteiger charge is -2.47. The van der Waals surface area contributed by atoms with Gasteiger partial charge < -0.3 is 20.5 Å². The maximum Gasteiger partial charge on any atom is 0.226 e. The van der Waals surface area contributed by atoms with Gasteiger partial charge in [0.15, 0.2) is 0 Å². The number of benzene rings is 1. The van der Waals surface area contributed by atoms with Crippen LogP contribution in [-0.2, 0) is 4.79 Å². The summed E-state index contributed by atoms with van der Waals surface area (Å²) in [6.07, 6.45) is 2.53. The molecule has 0 atom stereocenters. The molecule has 5 heteroatoms. The first-order valence-corrected chi connectivity index (χ1v) is 7.05. The minimum Gasteiger partial charge on any atom is -0.493 e. The molecule has 3 rings (SSSR count). The molecule has 1 aliphatic carbocycles. The number of hydrogen-bond acceptors (Lipinski definition) is 4. The maximum absolute atomic E-state index is 11.9. The highest BCUT2D eigenvalue weighted by Gasteiger charge is 2.52. The van der Waals surface area contributed by atoms with Crippen LogP contribution >= 0.6 is 0 Å². The predicted octanol–water partition coefficient (Wildman–Crippen LogP) is 1.02. The standard InChI is InChI=1S/C15H20N2O3/c16-12-3-5-13(6-4-12)20-8-7-14(18)17-9-15(19,10-17)11-1-2-11/h3-6,11,19H,1-2,7-10,16H2. The maximum atomic E-state index is 11.9. The second kappa shape index (κ2) is 4.98. The van der Waals surface area contributed by atoms with Crippen molar-refractivity contribution in [3.8, 4) is 5.75 Å². The fourth-order valence-corrected chi connectivity index (χ4v) is 2.65. The summed E-state index contributed by atoms with van der Waals surface area (Å²) in [5.74, 6) is 1.17. The second-order valence-electron chi connectivity index (χ2n) is 5.80. The van der Waals surface area contributed by atoms with E-state index in [1.807, 2.05) is 0 Å². The number of nitrogens with zero attached hydrogens (tertiary/aromatic N) is 1. The Morgan fingerprint density at radius 1 is 1.35 bits per heavy atom. The molecule has 1 saturated heterocycles. The number of likely N-dealkylation sites (tertiary alicyclic amines) is 1. The van der Waals surface area contributed by atoms with Gasteiger partial charge in [0.1, 0.15) is 11.4 Å². The number of rotatable bonds is 5. The summed E-state index contributed by atoms with van der Waals surface area (Å²) in [6, 6.07) is 7.11. The number of β-amino-alcohol motifs (C(OH)–C–C–N with tert-alkyl or cyclic N) is 1. The molecular weight excluding hydrogens is 256 g/mol. The van der Waals surface area contributed by atoms with E-state index in [0.29, 0.717) is 43.5 Å². The monoisotopic (exact) mass is 276 g/mol. The molecule has 0 radical (unpaired) electrons. The van der Waals surface area contributed by atoms with Crippen LogP contribution in [-0.4, -0.2) is 41.2 Å². The van der Waals surface area contributed by atoms with Crippen LogP contribution in [0.2, 0.25) is 0 Å². The van der Waals surface area contributed by atoms with E-state index in [-0.39, 0.29) is 5.91 Å². The smallest absolute Gasteiger partial charge is 0.226 e. The van der Waals surface area contributed by atoms with E-state index >= 15 is 0 Å². The van der Waals surface area contributed by atoms with Gasteiger partial charge in [-0.2, -0.15) is 0 Å². The van der Waals surface area contributed by atoms with Crippen LogP contribution in [0.5, 0.6) is 5.75 Å². The lowest BCUT2D eigenvalue weighted by atomic mass is 9.88. The van der Waals surface area contributed by atoms with Crippen LogP contribution in [0, 0.1) is 5.92 Å². The summed E-state index contributed by atoms with van der Waals surface area (Å²) in [7, 11) is 0. The van der Waals surface area contributed by atoms with Gasteiger partial charge in [-0.1, -0.05) is 0 Å².